The minimum Gasteiger partial charge on any atom is -0.384 e. The van der Waals surface area contributed by atoms with Crippen LogP contribution in [0.25, 0.3) is 0 Å². The number of benzene rings is 2. The zero-order valence-corrected chi connectivity index (χ0v) is 19.0. The summed E-state index contributed by atoms with van der Waals surface area (Å²) in [5.41, 5.74) is 0.575. The van der Waals surface area contributed by atoms with Crippen LogP contribution in [0.2, 0.25) is 0 Å². The minimum atomic E-state index is -0.730. The Labute approximate surface area is 182 Å². The third-order valence-electron chi connectivity index (χ3n) is 7.06. The molecule has 2 N–H and O–H groups in total. The largest absolute Gasteiger partial charge is 0.384 e. The van der Waals surface area contributed by atoms with Crippen LogP contribution in [0.1, 0.15) is 50.7 Å². The predicted octanol–water partition coefficient (Wildman–Crippen LogP) is 3.98. The zero-order chi connectivity index (χ0) is 21.8. The van der Waals surface area contributed by atoms with Gasteiger partial charge in [0.2, 0.25) is 0 Å². The molecule has 2 heterocycles. The maximum Gasteiger partial charge on any atom is 0.102 e. The minimum absolute atomic E-state index is 0.250. The van der Waals surface area contributed by atoms with Gasteiger partial charge < -0.3 is 20.0 Å². The summed E-state index contributed by atoms with van der Waals surface area (Å²) in [5, 5.41) is 21.2. The molecule has 2 aliphatic rings. The summed E-state index contributed by atoms with van der Waals surface area (Å²) in [6.07, 6.45) is 4.53. The van der Waals surface area contributed by atoms with Gasteiger partial charge in [0, 0.05) is 12.1 Å². The molecular weight excluding hydrogens is 372 g/mol. The van der Waals surface area contributed by atoms with Crippen molar-refractivity contribution in [2.75, 3.05) is 27.2 Å². The summed E-state index contributed by atoms with van der Waals surface area (Å²) in [6.45, 7) is 6.03. The third-order valence-corrected chi connectivity index (χ3v) is 7.06. The van der Waals surface area contributed by atoms with Gasteiger partial charge in [0.05, 0.1) is 0 Å². The number of rotatable bonds is 4. The maximum atomic E-state index is 10.6. The van der Waals surface area contributed by atoms with E-state index in [9.17, 15) is 10.2 Å². The van der Waals surface area contributed by atoms with E-state index in [1.165, 1.54) is 12.8 Å². The van der Waals surface area contributed by atoms with E-state index in [1.54, 1.807) is 0 Å². The molecule has 0 saturated carbocycles. The first-order chi connectivity index (χ1) is 14.2. The lowest BCUT2D eigenvalue weighted by Gasteiger charge is -2.35. The van der Waals surface area contributed by atoms with Crippen molar-refractivity contribution in [3.63, 3.8) is 0 Å². The summed E-state index contributed by atoms with van der Waals surface area (Å²) in [4.78, 5) is 4.51. The molecule has 2 aliphatic heterocycles. The summed E-state index contributed by atoms with van der Waals surface area (Å²) in [5.74, 6) is 0. The first-order valence-corrected chi connectivity index (χ1v) is 11.2. The molecule has 0 unspecified atom stereocenters. The Kier molecular flexibility index (Phi) is 7.35. The van der Waals surface area contributed by atoms with Crippen LogP contribution < -0.4 is 0 Å². The number of aliphatic hydroxyl groups is 2. The van der Waals surface area contributed by atoms with Gasteiger partial charge in [-0.15, -0.1) is 0 Å². The molecule has 2 aromatic carbocycles. The van der Waals surface area contributed by atoms with Crippen molar-refractivity contribution in [2.45, 2.75) is 62.8 Å². The molecule has 2 fully saturated rings. The molecule has 4 heteroatoms. The summed E-state index contributed by atoms with van der Waals surface area (Å²) < 4.78 is 0. The van der Waals surface area contributed by atoms with Crippen LogP contribution in [0, 0.1) is 0 Å². The lowest BCUT2D eigenvalue weighted by Crippen LogP contribution is -2.43. The fraction of sp³-hybridized carbons (Fsp3) is 0.538. The Morgan fingerprint density at radius 2 is 1.00 bits per heavy atom. The fourth-order valence-corrected chi connectivity index (χ4v) is 5.18. The molecule has 4 nitrogen and oxygen atoms in total. The zero-order valence-electron chi connectivity index (χ0n) is 19.0. The third kappa shape index (κ3) is 4.94. The van der Waals surface area contributed by atoms with Crippen molar-refractivity contribution in [2.24, 2.45) is 0 Å². The second-order valence-electron chi connectivity index (χ2n) is 9.30. The van der Waals surface area contributed by atoms with Crippen molar-refractivity contribution < 1.29 is 10.2 Å². The molecule has 0 aromatic heterocycles. The Morgan fingerprint density at radius 3 is 1.27 bits per heavy atom. The number of nitrogens with zero attached hydrogens (tertiary/aromatic N) is 2. The highest BCUT2D eigenvalue weighted by Gasteiger charge is 2.39. The van der Waals surface area contributed by atoms with Crippen LogP contribution in [0.3, 0.4) is 0 Å². The normalized spacial score (nSPS) is 26.5. The van der Waals surface area contributed by atoms with E-state index in [0.717, 1.165) is 37.1 Å². The van der Waals surface area contributed by atoms with Gasteiger partial charge in [-0.3, -0.25) is 0 Å². The van der Waals surface area contributed by atoms with Gasteiger partial charge in [0.1, 0.15) is 11.2 Å². The van der Waals surface area contributed by atoms with E-state index in [1.807, 2.05) is 74.5 Å². The van der Waals surface area contributed by atoms with E-state index in [4.69, 9.17) is 0 Å². The molecule has 164 valence electrons. The lowest BCUT2D eigenvalue weighted by atomic mass is 9.87. The Bertz CT molecular complexity index is 709. The van der Waals surface area contributed by atoms with Crippen molar-refractivity contribution in [3.8, 4) is 0 Å². The van der Waals surface area contributed by atoms with Crippen LogP contribution in [0.4, 0.5) is 0 Å². The van der Waals surface area contributed by atoms with Gasteiger partial charge >= 0.3 is 0 Å². The highest BCUT2D eigenvalue weighted by molar-refractivity contribution is 5.25. The molecule has 4 rings (SSSR count). The molecule has 30 heavy (non-hydrogen) atoms. The Hall–Kier alpha value is -1.72. The average Bonchev–Trinajstić information content (AvgIpc) is 3.38. The Morgan fingerprint density at radius 1 is 0.667 bits per heavy atom. The van der Waals surface area contributed by atoms with E-state index in [-0.39, 0.29) is 12.1 Å². The number of hydrogen-bond donors (Lipinski definition) is 2. The van der Waals surface area contributed by atoms with Crippen molar-refractivity contribution >= 4 is 0 Å². The van der Waals surface area contributed by atoms with Gasteiger partial charge in [0.25, 0.3) is 0 Å². The molecule has 4 atom stereocenters. The van der Waals surface area contributed by atoms with Gasteiger partial charge in [-0.05, 0) is 77.8 Å². The van der Waals surface area contributed by atoms with E-state index >= 15 is 0 Å². The fourth-order valence-electron chi connectivity index (χ4n) is 5.18. The second kappa shape index (κ2) is 9.61. The summed E-state index contributed by atoms with van der Waals surface area (Å²) in [6, 6.07) is 20.4. The molecule has 0 aliphatic carbocycles. The maximum absolute atomic E-state index is 10.6. The van der Waals surface area contributed by atoms with E-state index in [0.29, 0.717) is 0 Å². The molecule has 0 amide bonds. The highest BCUT2D eigenvalue weighted by atomic mass is 16.3. The predicted molar refractivity (Wildman–Crippen MR) is 123 cm³/mol. The van der Waals surface area contributed by atoms with Gasteiger partial charge in [-0.1, -0.05) is 60.7 Å². The van der Waals surface area contributed by atoms with Crippen molar-refractivity contribution in [1.29, 1.82) is 0 Å². The number of likely N-dealkylation sites (tertiary alicyclic amines) is 2. The molecule has 0 bridgehead atoms. The van der Waals surface area contributed by atoms with Crippen LogP contribution in [0.15, 0.2) is 60.7 Å². The van der Waals surface area contributed by atoms with Gasteiger partial charge in [-0.2, -0.15) is 0 Å². The molecule has 2 aromatic rings. The van der Waals surface area contributed by atoms with Crippen LogP contribution in [-0.2, 0) is 11.2 Å². The first-order valence-electron chi connectivity index (χ1n) is 11.2. The standard InChI is InChI=1S/2C13H19NO/c2*1-13(15,11-7-4-3-5-8-11)12-9-6-10-14(12)2/h2*3-5,7-8,12,15H,6,9-10H2,1-2H3/t2*12-,13+/m10/s1. The van der Waals surface area contributed by atoms with Gasteiger partial charge in [-0.25, -0.2) is 0 Å². The van der Waals surface area contributed by atoms with Gasteiger partial charge in [0.15, 0.2) is 0 Å². The smallest absolute Gasteiger partial charge is 0.102 e. The van der Waals surface area contributed by atoms with Crippen LogP contribution in [-0.4, -0.2) is 59.3 Å². The summed E-state index contributed by atoms with van der Waals surface area (Å²) >= 11 is 0. The van der Waals surface area contributed by atoms with Crippen molar-refractivity contribution in [3.05, 3.63) is 71.8 Å². The molecule has 0 radical (unpaired) electrons. The summed E-state index contributed by atoms with van der Waals surface area (Å²) in [7, 11) is 4.18. The van der Waals surface area contributed by atoms with E-state index < -0.39 is 11.2 Å². The Balaban J connectivity index is 0.000000171. The van der Waals surface area contributed by atoms with Crippen LogP contribution in [0.5, 0.6) is 0 Å². The second-order valence-corrected chi connectivity index (χ2v) is 9.30. The molecular formula is C26H38N2O2. The average molecular weight is 411 g/mol. The topological polar surface area (TPSA) is 46.9 Å². The molecule has 2 saturated heterocycles. The van der Waals surface area contributed by atoms with E-state index in [2.05, 4.69) is 23.9 Å². The number of likely N-dealkylation sites (N-methyl/N-ethyl adjacent to an activating group) is 2. The van der Waals surface area contributed by atoms with Crippen LogP contribution >= 0.6 is 0 Å². The lowest BCUT2D eigenvalue weighted by molar-refractivity contribution is -0.0155. The number of hydrogen-bond acceptors (Lipinski definition) is 4. The van der Waals surface area contributed by atoms with Crippen molar-refractivity contribution in [1.82, 2.24) is 9.80 Å². The quantitative estimate of drug-likeness (QED) is 0.801. The molecule has 0 spiro atoms. The monoisotopic (exact) mass is 410 g/mol. The highest BCUT2D eigenvalue weighted by Crippen LogP contribution is 2.34. The SMILES string of the molecule is CN1CCC[C@@H]1[C@@](C)(O)c1ccccc1.CN1CCC[C@H]1[C@](C)(O)c1ccccc1. The first kappa shape index (κ1) is 23.0.